The standard InChI is InChI=1S/C54H42N2/c1-54(2)50-33-47-43(29-27-36-17-9-11-23-41(36)46(47)32-48(50)45-30-28-37-18-10-12-24-44(37)52(45)54)39-21-13-22-40(31-39)51-26-14-25-42(35-15-5-3-6-16-35)49(34-55)53(56-51)38-19-7-4-8-20-38/h3-13,15-25,28,30-33,43H,14,26-27,29H2,1-2H3/b42-25-,53-49-,56-51+. The lowest BCUT2D eigenvalue weighted by Gasteiger charge is -2.26. The molecule has 0 saturated heterocycles. The highest BCUT2D eigenvalue weighted by molar-refractivity contribution is 6.06. The van der Waals surface area contributed by atoms with Crippen LogP contribution in [0.5, 0.6) is 0 Å². The van der Waals surface area contributed by atoms with Gasteiger partial charge in [-0.3, -0.25) is 4.99 Å². The van der Waals surface area contributed by atoms with Crippen LogP contribution in [0.2, 0.25) is 0 Å². The number of nitrogens with zero attached hydrogens (tertiary/aromatic N) is 2. The minimum Gasteiger partial charge on any atom is -0.251 e. The summed E-state index contributed by atoms with van der Waals surface area (Å²) in [7, 11) is 0. The van der Waals surface area contributed by atoms with Crippen LogP contribution in [0.4, 0.5) is 0 Å². The average molecular weight is 719 g/mol. The molecule has 0 radical (unpaired) electrons. The molecule has 1 aliphatic heterocycles. The third kappa shape index (κ3) is 5.58. The fourth-order valence-electron chi connectivity index (χ4n) is 9.76. The van der Waals surface area contributed by atoms with Gasteiger partial charge in [0.1, 0.15) is 6.07 Å². The molecule has 0 spiro atoms. The summed E-state index contributed by atoms with van der Waals surface area (Å²) in [5, 5.41) is 13.4. The maximum Gasteiger partial charge on any atom is 0.102 e. The maximum atomic E-state index is 10.7. The van der Waals surface area contributed by atoms with Gasteiger partial charge in [0.05, 0.1) is 11.3 Å². The Morgan fingerprint density at radius 2 is 1.36 bits per heavy atom. The number of hydrogen-bond acceptors (Lipinski definition) is 2. The molecule has 1 heterocycles. The van der Waals surface area contributed by atoms with Crippen LogP contribution in [-0.2, 0) is 11.8 Å². The number of fused-ring (bicyclic) bond motifs is 8. The van der Waals surface area contributed by atoms with E-state index in [1.807, 2.05) is 36.4 Å². The summed E-state index contributed by atoms with van der Waals surface area (Å²) in [6.45, 7) is 4.82. The molecule has 1 atom stereocenters. The summed E-state index contributed by atoms with van der Waals surface area (Å²) >= 11 is 0. The van der Waals surface area contributed by atoms with Gasteiger partial charge in [-0.1, -0.05) is 166 Å². The van der Waals surface area contributed by atoms with Gasteiger partial charge in [0.25, 0.3) is 0 Å². The molecular formula is C54H42N2. The van der Waals surface area contributed by atoms with Gasteiger partial charge in [-0.15, -0.1) is 0 Å². The Balaban J connectivity index is 1.12. The third-order valence-corrected chi connectivity index (χ3v) is 12.4. The quantitative estimate of drug-likeness (QED) is 0.178. The molecule has 268 valence electrons. The van der Waals surface area contributed by atoms with Crippen molar-refractivity contribution in [3.8, 4) is 28.3 Å². The van der Waals surface area contributed by atoms with Gasteiger partial charge in [0.15, 0.2) is 0 Å². The zero-order chi connectivity index (χ0) is 37.8. The van der Waals surface area contributed by atoms with E-state index in [2.05, 4.69) is 147 Å². The van der Waals surface area contributed by atoms with E-state index in [0.717, 1.165) is 59.4 Å². The largest absolute Gasteiger partial charge is 0.251 e. The Morgan fingerprint density at radius 1 is 0.625 bits per heavy atom. The molecule has 56 heavy (non-hydrogen) atoms. The van der Waals surface area contributed by atoms with E-state index in [4.69, 9.17) is 4.99 Å². The van der Waals surface area contributed by atoms with E-state index in [0.29, 0.717) is 5.57 Å². The lowest BCUT2D eigenvalue weighted by molar-refractivity contribution is 0.661. The number of aryl methyl sites for hydroxylation is 1. The summed E-state index contributed by atoms with van der Waals surface area (Å²) in [5.74, 6) is 0.205. The summed E-state index contributed by atoms with van der Waals surface area (Å²) in [5.41, 5.74) is 18.6. The number of hydrogen-bond donors (Lipinski definition) is 0. The van der Waals surface area contributed by atoms with Gasteiger partial charge in [-0.25, -0.2) is 0 Å². The van der Waals surface area contributed by atoms with E-state index >= 15 is 0 Å². The summed E-state index contributed by atoms with van der Waals surface area (Å²) in [6, 6.07) is 59.8. The predicted molar refractivity (Wildman–Crippen MR) is 233 cm³/mol. The van der Waals surface area contributed by atoms with Crippen molar-refractivity contribution >= 4 is 27.8 Å². The Kier molecular flexibility index (Phi) is 8.27. The van der Waals surface area contributed by atoms with E-state index in [9.17, 15) is 5.26 Å². The molecule has 1 unspecified atom stereocenters. The first-order valence-corrected chi connectivity index (χ1v) is 19.9. The highest BCUT2D eigenvalue weighted by atomic mass is 14.8. The summed E-state index contributed by atoms with van der Waals surface area (Å²) in [6.07, 6.45) is 5.83. The number of benzene rings is 7. The van der Waals surface area contributed by atoms with Crippen LogP contribution in [0, 0.1) is 11.3 Å². The summed E-state index contributed by atoms with van der Waals surface area (Å²) in [4.78, 5) is 5.43. The van der Waals surface area contributed by atoms with Gasteiger partial charge in [0, 0.05) is 22.6 Å². The van der Waals surface area contributed by atoms with Crippen molar-refractivity contribution in [2.24, 2.45) is 4.99 Å². The van der Waals surface area contributed by atoms with E-state index in [1.165, 1.54) is 60.8 Å². The second-order valence-corrected chi connectivity index (χ2v) is 16.0. The summed E-state index contributed by atoms with van der Waals surface area (Å²) < 4.78 is 0. The molecular weight excluding hydrogens is 677 g/mol. The predicted octanol–water partition coefficient (Wildman–Crippen LogP) is 13.5. The molecule has 0 fully saturated rings. The van der Waals surface area contributed by atoms with Crippen LogP contribution in [0.3, 0.4) is 0 Å². The zero-order valence-corrected chi connectivity index (χ0v) is 31.9. The molecule has 2 nitrogen and oxygen atoms in total. The molecule has 0 bridgehead atoms. The first-order chi connectivity index (χ1) is 27.5. The van der Waals surface area contributed by atoms with Crippen molar-refractivity contribution in [2.45, 2.75) is 50.9 Å². The molecule has 7 aromatic carbocycles. The first-order valence-electron chi connectivity index (χ1n) is 19.9. The van der Waals surface area contributed by atoms with Crippen LogP contribution < -0.4 is 0 Å². The van der Waals surface area contributed by atoms with Crippen molar-refractivity contribution in [1.29, 1.82) is 5.26 Å². The van der Waals surface area contributed by atoms with Crippen molar-refractivity contribution < 1.29 is 0 Å². The van der Waals surface area contributed by atoms with Gasteiger partial charge in [-0.05, 0) is 115 Å². The van der Waals surface area contributed by atoms with Gasteiger partial charge < -0.3 is 0 Å². The average Bonchev–Trinajstić information content (AvgIpc) is 3.35. The van der Waals surface area contributed by atoms with Crippen LogP contribution in [0.25, 0.3) is 44.3 Å². The zero-order valence-electron chi connectivity index (χ0n) is 31.9. The number of allylic oxidation sites excluding steroid dienone is 3. The van der Waals surface area contributed by atoms with Crippen LogP contribution >= 0.6 is 0 Å². The normalized spacial score (nSPS) is 20.1. The molecule has 10 rings (SSSR count). The molecule has 0 saturated carbocycles. The van der Waals surface area contributed by atoms with E-state index in [1.54, 1.807) is 0 Å². The van der Waals surface area contributed by atoms with Gasteiger partial charge >= 0.3 is 0 Å². The molecule has 2 heteroatoms. The van der Waals surface area contributed by atoms with Crippen molar-refractivity contribution in [3.63, 3.8) is 0 Å². The molecule has 0 aromatic heterocycles. The Morgan fingerprint density at radius 3 is 2.18 bits per heavy atom. The minimum atomic E-state index is -0.142. The number of aliphatic imine (C=N–C) groups is 1. The van der Waals surface area contributed by atoms with Crippen molar-refractivity contribution in [2.75, 3.05) is 0 Å². The number of rotatable bonds is 4. The SMILES string of the molecule is CC1(C)c2cc3c(cc2-c2ccc4ccccc4c21)-c1ccccc1CCC3c1cccc(/C2=N/C(c3ccccc3)=C(C#N)\C(c3ccccc3)=C/CC2)c1. The van der Waals surface area contributed by atoms with Gasteiger partial charge in [0.2, 0.25) is 0 Å². The van der Waals surface area contributed by atoms with Crippen molar-refractivity contribution in [1.82, 2.24) is 0 Å². The molecule has 0 amide bonds. The van der Waals surface area contributed by atoms with Crippen LogP contribution in [-0.4, -0.2) is 5.71 Å². The lowest BCUT2D eigenvalue weighted by Crippen LogP contribution is -2.16. The third-order valence-electron chi connectivity index (χ3n) is 12.4. The van der Waals surface area contributed by atoms with E-state index in [-0.39, 0.29) is 11.3 Å². The molecule has 0 N–H and O–H groups in total. The Labute approximate surface area is 329 Å². The topological polar surface area (TPSA) is 36.1 Å². The molecule has 3 aliphatic rings. The molecule has 7 aromatic rings. The maximum absolute atomic E-state index is 10.7. The first kappa shape index (κ1) is 34.0. The lowest BCUT2D eigenvalue weighted by atomic mass is 9.77. The second-order valence-electron chi connectivity index (χ2n) is 16.0. The fraction of sp³-hybridized carbons (Fsp3) is 0.148. The smallest absolute Gasteiger partial charge is 0.102 e. The minimum absolute atomic E-state index is 0.142. The van der Waals surface area contributed by atoms with E-state index < -0.39 is 0 Å². The van der Waals surface area contributed by atoms with Crippen LogP contribution in [0.15, 0.2) is 174 Å². The Bertz CT molecular complexity index is 2830. The monoisotopic (exact) mass is 718 g/mol. The highest BCUT2D eigenvalue weighted by Gasteiger charge is 2.39. The fourth-order valence-corrected chi connectivity index (χ4v) is 9.76. The highest BCUT2D eigenvalue weighted by Crippen LogP contribution is 2.55. The molecule has 2 aliphatic carbocycles. The van der Waals surface area contributed by atoms with Crippen LogP contribution in [0.1, 0.15) is 83.5 Å². The number of nitriles is 1. The second kappa shape index (κ2) is 13.6. The van der Waals surface area contributed by atoms with Gasteiger partial charge in [-0.2, -0.15) is 5.26 Å². The Hall–Kier alpha value is -6.56. The van der Waals surface area contributed by atoms with Crippen molar-refractivity contribution in [3.05, 3.63) is 214 Å².